The van der Waals surface area contributed by atoms with E-state index in [-0.39, 0.29) is 11.5 Å². The highest BCUT2D eigenvalue weighted by Crippen LogP contribution is 2.47. The molecule has 244 valence electrons. The van der Waals surface area contributed by atoms with Crippen molar-refractivity contribution in [3.05, 3.63) is 70.3 Å². The minimum absolute atomic E-state index is 0.0799. The minimum Gasteiger partial charge on any atom is -0.490 e. The molecule has 2 bridgehead atoms. The Morgan fingerprint density at radius 2 is 2.00 bits per heavy atom. The van der Waals surface area contributed by atoms with Gasteiger partial charge in [0.05, 0.1) is 36.9 Å². The van der Waals surface area contributed by atoms with Crippen molar-refractivity contribution in [2.75, 3.05) is 44.9 Å². The molecule has 2 heterocycles. The second-order valence-corrected chi connectivity index (χ2v) is 15.5. The Bertz CT molecular complexity index is 1530. The van der Waals surface area contributed by atoms with Crippen molar-refractivity contribution in [2.24, 2.45) is 11.8 Å². The molecule has 4 aliphatic rings. The van der Waals surface area contributed by atoms with Crippen molar-refractivity contribution in [1.82, 2.24) is 4.72 Å². The number of carbonyl (C=O) groups is 1. The molecule has 10 heteroatoms. The first-order valence-corrected chi connectivity index (χ1v) is 18.3. The van der Waals surface area contributed by atoms with E-state index in [1.807, 2.05) is 25.1 Å². The van der Waals surface area contributed by atoms with E-state index < -0.39 is 21.2 Å². The number of carbonyl (C=O) groups excluding carboxylic acids is 1. The van der Waals surface area contributed by atoms with Gasteiger partial charge in [0.15, 0.2) is 0 Å². The molecule has 2 aromatic rings. The zero-order valence-corrected chi connectivity index (χ0v) is 27.9. The van der Waals surface area contributed by atoms with Gasteiger partial charge in [0, 0.05) is 36.2 Å². The minimum atomic E-state index is -3.88. The summed E-state index contributed by atoms with van der Waals surface area (Å²) in [6, 6.07) is 11.5. The van der Waals surface area contributed by atoms with Crippen LogP contribution < -0.4 is 14.4 Å². The fourth-order valence-electron chi connectivity index (χ4n) is 7.74. The van der Waals surface area contributed by atoms with E-state index in [1.54, 1.807) is 13.2 Å². The van der Waals surface area contributed by atoms with E-state index in [2.05, 4.69) is 33.9 Å². The Morgan fingerprint density at radius 1 is 1.13 bits per heavy atom. The van der Waals surface area contributed by atoms with Crippen molar-refractivity contribution < 1.29 is 27.4 Å². The topological polar surface area (TPSA) is 94.2 Å². The third kappa shape index (κ3) is 6.78. The third-order valence-corrected chi connectivity index (χ3v) is 12.5. The van der Waals surface area contributed by atoms with E-state index in [0.717, 1.165) is 55.9 Å². The van der Waals surface area contributed by atoms with Crippen LogP contribution in [0.15, 0.2) is 48.6 Å². The smallest absolute Gasteiger partial charge is 0.264 e. The predicted molar refractivity (Wildman–Crippen MR) is 177 cm³/mol. The molecule has 0 radical (unpaired) electrons. The molecule has 2 aromatic carbocycles. The average molecular weight is 657 g/mol. The van der Waals surface area contributed by atoms with E-state index in [9.17, 15) is 13.2 Å². The number of hydrogen-bond donors (Lipinski definition) is 1. The molecule has 0 saturated heterocycles. The lowest BCUT2D eigenvalue weighted by Crippen LogP contribution is -2.49. The molecule has 5 atom stereocenters. The Kier molecular flexibility index (Phi) is 9.81. The standard InChI is InChI=1S/C35H45ClN2O6S/c1-3-28-8-4-5-9-32(43-18-17-42-2)29-13-10-26(29)21-38-22-35(16-6-7-24-19-27(36)12-14-30(24)35)23-44-33-15-11-25(20-31(33)38)34(39)37-45(28,40)41/h5,9,11-12,14-15,19-20,26,28-29,32H,3-4,6-8,10,13,16-18,21-23H2,1-2H3,(H,37,39)/b9-5+/t26-,28+,29+,32-,35-/m0/s1. The van der Waals surface area contributed by atoms with Gasteiger partial charge in [0.25, 0.3) is 5.91 Å². The maximum absolute atomic E-state index is 13.4. The first kappa shape index (κ1) is 32.4. The van der Waals surface area contributed by atoms with Crippen molar-refractivity contribution >= 4 is 33.2 Å². The van der Waals surface area contributed by atoms with Crippen LogP contribution in [0.25, 0.3) is 0 Å². The number of ether oxygens (including phenoxy) is 3. The van der Waals surface area contributed by atoms with Gasteiger partial charge in [-0.3, -0.25) is 4.79 Å². The summed E-state index contributed by atoms with van der Waals surface area (Å²) in [7, 11) is -2.20. The van der Waals surface area contributed by atoms with Crippen molar-refractivity contribution in [3.8, 4) is 5.75 Å². The number of anilines is 1. The number of sulfonamides is 1. The van der Waals surface area contributed by atoms with Crippen LogP contribution >= 0.6 is 11.6 Å². The van der Waals surface area contributed by atoms with Crippen molar-refractivity contribution in [3.63, 3.8) is 0 Å². The lowest BCUT2D eigenvalue weighted by molar-refractivity contribution is -0.0309. The van der Waals surface area contributed by atoms with Gasteiger partial charge in [0.1, 0.15) is 5.75 Å². The van der Waals surface area contributed by atoms with Gasteiger partial charge in [-0.15, -0.1) is 0 Å². The van der Waals surface area contributed by atoms with Gasteiger partial charge in [-0.1, -0.05) is 36.7 Å². The van der Waals surface area contributed by atoms with Gasteiger partial charge < -0.3 is 19.1 Å². The maximum atomic E-state index is 13.4. The predicted octanol–water partition coefficient (Wildman–Crippen LogP) is 6.06. The van der Waals surface area contributed by atoms with Crippen LogP contribution in [0.3, 0.4) is 0 Å². The number of hydrogen-bond acceptors (Lipinski definition) is 7. The number of amides is 1. The molecular weight excluding hydrogens is 612 g/mol. The van der Waals surface area contributed by atoms with Crippen LogP contribution in [0.5, 0.6) is 5.75 Å². The maximum Gasteiger partial charge on any atom is 0.264 e. The van der Waals surface area contributed by atoms with Gasteiger partial charge in [-0.25, -0.2) is 13.1 Å². The molecule has 2 aliphatic heterocycles. The third-order valence-electron chi connectivity index (χ3n) is 10.4. The molecule has 0 unspecified atom stereocenters. The number of nitrogens with zero attached hydrogens (tertiary/aromatic N) is 1. The molecule has 8 nitrogen and oxygen atoms in total. The highest BCUT2D eigenvalue weighted by Gasteiger charge is 2.44. The summed E-state index contributed by atoms with van der Waals surface area (Å²) in [6.45, 7) is 4.89. The monoisotopic (exact) mass is 656 g/mol. The zero-order chi connectivity index (χ0) is 31.6. The van der Waals surface area contributed by atoms with Crippen LogP contribution in [-0.4, -0.2) is 65.7 Å². The summed E-state index contributed by atoms with van der Waals surface area (Å²) >= 11 is 6.43. The fraction of sp³-hybridized carbons (Fsp3) is 0.571. The largest absolute Gasteiger partial charge is 0.490 e. The molecule has 1 N–H and O–H groups in total. The summed E-state index contributed by atoms with van der Waals surface area (Å²) in [4.78, 5) is 15.8. The van der Waals surface area contributed by atoms with Crippen LogP contribution in [-0.2, 0) is 31.3 Å². The normalized spacial score (nSPS) is 30.2. The molecule has 1 spiro atoms. The van der Waals surface area contributed by atoms with E-state index in [0.29, 0.717) is 62.2 Å². The number of aryl methyl sites for hydroxylation is 1. The van der Waals surface area contributed by atoms with E-state index in [1.165, 1.54) is 11.1 Å². The molecule has 45 heavy (non-hydrogen) atoms. The number of nitrogens with one attached hydrogen (secondary N) is 1. The number of rotatable bonds is 5. The second kappa shape index (κ2) is 13.6. The quantitative estimate of drug-likeness (QED) is 0.309. The van der Waals surface area contributed by atoms with Gasteiger partial charge in [-0.2, -0.15) is 0 Å². The zero-order valence-electron chi connectivity index (χ0n) is 26.3. The van der Waals surface area contributed by atoms with Crippen LogP contribution in [0.4, 0.5) is 5.69 Å². The fourth-order valence-corrected chi connectivity index (χ4v) is 9.37. The number of fused-ring (bicyclic) bond motifs is 4. The summed E-state index contributed by atoms with van der Waals surface area (Å²) in [5.74, 6) is 0.809. The van der Waals surface area contributed by atoms with Gasteiger partial charge in [-0.05, 0) is 105 Å². The average Bonchev–Trinajstić information content (AvgIpc) is 3.15. The summed E-state index contributed by atoms with van der Waals surface area (Å²) in [5, 5.41) is 0.0677. The molecule has 1 amide bonds. The lowest BCUT2D eigenvalue weighted by atomic mass is 9.68. The van der Waals surface area contributed by atoms with Crippen LogP contribution in [0.1, 0.15) is 73.4 Å². The Labute approximate surface area is 272 Å². The molecule has 6 rings (SSSR count). The van der Waals surface area contributed by atoms with Gasteiger partial charge >= 0.3 is 0 Å². The highest BCUT2D eigenvalue weighted by molar-refractivity contribution is 7.90. The van der Waals surface area contributed by atoms with Crippen molar-refractivity contribution in [1.29, 1.82) is 0 Å². The van der Waals surface area contributed by atoms with Crippen LogP contribution in [0, 0.1) is 11.8 Å². The Morgan fingerprint density at radius 3 is 2.78 bits per heavy atom. The first-order chi connectivity index (χ1) is 21.7. The van der Waals surface area contributed by atoms with E-state index >= 15 is 0 Å². The number of methoxy groups -OCH3 is 1. The second-order valence-electron chi connectivity index (χ2n) is 13.1. The van der Waals surface area contributed by atoms with Crippen LogP contribution in [0.2, 0.25) is 5.02 Å². The SMILES string of the molecule is CC[C@@H]1CC/C=C/[C@H](OCCOC)[C@@H]2CC[C@H]2CN2C[C@@]3(CCCc4cc(Cl)ccc43)COc3ccc(cc32)C(=O)NS1(=O)=O. The van der Waals surface area contributed by atoms with E-state index in [4.69, 9.17) is 25.8 Å². The number of allylic oxidation sites excluding steroid dienone is 1. The Balaban J connectivity index is 1.41. The molecule has 0 aromatic heterocycles. The van der Waals surface area contributed by atoms with Gasteiger partial charge in [0.2, 0.25) is 10.0 Å². The molecule has 2 aliphatic carbocycles. The molecule has 1 saturated carbocycles. The summed E-state index contributed by atoms with van der Waals surface area (Å²) in [6.07, 6.45) is 10.7. The first-order valence-electron chi connectivity index (χ1n) is 16.4. The number of halogens is 1. The Hall–Kier alpha value is -2.59. The summed E-state index contributed by atoms with van der Waals surface area (Å²) < 4.78 is 47.3. The highest BCUT2D eigenvalue weighted by atomic mass is 35.5. The van der Waals surface area contributed by atoms with Crippen molar-refractivity contribution in [2.45, 2.75) is 75.1 Å². The summed E-state index contributed by atoms with van der Waals surface area (Å²) in [5.41, 5.74) is 3.44. The molecule has 1 fully saturated rings. The molecular formula is C35H45ClN2O6S. The number of benzene rings is 2. The lowest BCUT2D eigenvalue weighted by Gasteiger charge is -2.46.